The minimum absolute atomic E-state index is 0.0183. The van der Waals surface area contributed by atoms with E-state index in [1.54, 1.807) is 13.0 Å². The van der Waals surface area contributed by atoms with Crippen molar-refractivity contribution in [2.45, 2.75) is 18.6 Å². The van der Waals surface area contributed by atoms with Gasteiger partial charge in [0.25, 0.3) is 0 Å². The highest BCUT2D eigenvalue weighted by molar-refractivity contribution is 8.15. The first-order chi connectivity index (χ1) is 13.9. The number of carboxylic acids is 1. The third-order valence-corrected chi connectivity index (χ3v) is 5.10. The van der Waals surface area contributed by atoms with Crippen LogP contribution in [0.4, 0.5) is 5.69 Å². The highest BCUT2D eigenvalue weighted by Crippen LogP contribution is 2.23. The van der Waals surface area contributed by atoms with Crippen molar-refractivity contribution < 1.29 is 19.5 Å². The predicted molar refractivity (Wildman–Crippen MR) is 112 cm³/mol. The van der Waals surface area contributed by atoms with Gasteiger partial charge in [0.15, 0.2) is 5.17 Å². The van der Waals surface area contributed by atoms with Crippen LogP contribution in [0, 0.1) is 0 Å². The number of hydrogen-bond donors (Lipinski definition) is 3. The molecular weight excluding hydrogens is 392 g/mol. The zero-order valence-corrected chi connectivity index (χ0v) is 16.3. The predicted octanol–water partition coefficient (Wildman–Crippen LogP) is 2.73. The Morgan fingerprint density at radius 2 is 1.86 bits per heavy atom. The number of amides is 2. The van der Waals surface area contributed by atoms with Crippen LogP contribution in [0.5, 0.6) is 0 Å². The zero-order chi connectivity index (χ0) is 20.8. The molecule has 3 N–H and O–H groups in total. The van der Waals surface area contributed by atoms with E-state index in [9.17, 15) is 14.4 Å². The Labute approximate surface area is 171 Å². The lowest BCUT2D eigenvalue weighted by molar-refractivity contribution is -0.123. The maximum absolute atomic E-state index is 12.5. The van der Waals surface area contributed by atoms with Gasteiger partial charge in [0.05, 0.1) is 11.3 Å². The Balaban J connectivity index is 1.70. The lowest BCUT2D eigenvalue weighted by atomic mass is 10.1. The molecule has 0 aliphatic carbocycles. The van der Waals surface area contributed by atoms with E-state index < -0.39 is 17.1 Å². The Morgan fingerprint density at radius 1 is 1.14 bits per heavy atom. The van der Waals surface area contributed by atoms with Crippen LogP contribution in [0.3, 0.4) is 0 Å². The van der Waals surface area contributed by atoms with Crippen molar-refractivity contribution in [3.05, 3.63) is 65.7 Å². The number of hydrogen-bond acceptors (Lipinski definition) is 6. The summed E-state index contributed by atoms with van der Waals surface area (Å²) in [5, 5.41) is 22.0. The molecule has 148 valence electrons. The van der Waals surface area contributed by atoms with E-state index in [0.717, 1.165) is 17.3 Å². The van der Waals surface area contributed by atoms with Crippen molar-refractivity contribution in [1.29, 1.82) is 0 Å². The fraction of sp³-hybridized carbons (Fsp3) is 0.150. The van der Waals surface area contributed by atoms with Crippen molar-refractivity contribution in [1.82, 2.24) is 5.32 Å². The minimum Gasteiger partial charge on any atom is -0.478 e. The van der Waals surface area contributed by atoms with E-state index in [2.05, 4.69) is 20.8 Å². The first-order valence-corrected chi connectivity index (χ1v) is 9.59. The number of amidine groups is 1. The van der Waals surface area contributed by atoms with Gasteiger partial charge in [-0.15, -0.1) is 5.10 Å². The summed E-state index contributed by atoms with van der Waals surface area (Å²) in [5.74, 6) is -1.84. The van der Waals surface area contributed by atoms with E-state index in [1.165, 1.54) is 18.2 Å². The van der Waals surface area contributed by atoms with Gasteiger partial charge in [-0.25, -0.2) is 4.79 Å². The van der Waals surface area contributed by atoms with E-state index in [0.29, 0.717) is 11.4 Å². The molecular formula is C20H18N4O4S. The van der Waals surface area contributed by atoms with Crippen molar-refractivity contribution in [2.75, 3.05) is 5.32 Å². The molecule has 8 nitrogen and oxygen atoms in total. The summed E-state index contributed by atoms with van der Waals surface area (Å²) in [6.07, 6.45) is -0.0183. The van der Waals surface area contributed by atoms with Crippen molar-refractivity contribution in [3.63, 3.8) is 0 Å². The molecule has 0 bridgehead atoms. The fourth-order valence-electron chi connectivity index (χ4n) is 2.55. The molecule has 0 saturated carbocycles. The monoisotopic (exact) mass is 410 g/mol. The number of rotatable bonds is 5. The molecule has 1 fully saturated rings. The number of thioether (sulfide) groups is 1. The van der Waals surface area contributed by atoms with Gasteiger partial charge < -0.3 is 15.7 Å². The molecule has 3 rings (SSSR count). The number of carbonyl (C=O) groups is 3. The van der Waals surface area contributed by atoms with Gasteiger partial charge in [-0.05, 0) is 30.7 Å². The molecule has 9 heteroatoms. The minimum atomic E-state index is -1.09. The van der Waals surface area contributed by atoms with Gasteiger partial charge in [0.1, 0.15) is 5.25 Å². The molecule has 1 heterocycles. The van der Waals surface area contributed by atoms with E-state index in [1.807, 2.05) is 30.3 Å². The largest absolute Gasteiger partial charge is 0.478 e. The van der Waals surface area contributed by atoms with Gasteiger partial charge in [-0.3, -0.25) is 9.59 Å². The smallest absolute Gasteiger partial charge is 0.335 e. The molecule has 1 unspecified atom stereocenters. The lowest BCUT2D eigenvalue weighted by Crippen LogP contribution is -2.41. The average Bonchev–Trinajstić information content (AvgIpc) is 2.72. The van der Waals surface area contributed by atoms with Gasteiger partial charge in [-0.1, -0.05) is 48.2 Å². The van der Waals surface area contributed by atoms with Crippen LogP contribution >= 0.6 is 11.8 Å². The Bertz CT molecular complexity index is 1000. The topological polar surface area (TPSA) is 120 Å². The Morgan fingerprint density at radius 3 is 2.59 bits per heavy atom. The Kier molecular flexibility index (Phi) is 6.40. The van der Waals surface area contributed by atoms with E-state index >= 15 is 0 Å². The van der Waals surface area contributed by atoms with Crippen LogP contribution in [-0.4, -0.2) is 39.0 Å². The fourth-order valence-corrected chi connectivity index (χ4v) is 3.48. The Hall–Kier alpha value is -3.46. The van der Waals surface area contributed by atoms with E-state index in [4.69, 9.17) is 5.11 Å². The van der Waals surface area contributed by atoms with Crippen LogP contribution in [0.15, 0.2) is 64.8 Å². The lowest BCUT2D eigenvalue weighted by Gasteiger charge is -2.21. The summed E-state index contributed by atoms with van der Waals surface area (Å²) in [6.45, 7) is 1.80. The van der Waals surface area contributed by atoms with Gasteiger partial charge >= 0.3 is 5.97 Å². The summed E-state index contributed by atoms with van der Waals surface area (Å²) in [7, 11) is 0. The third-order valence-electron chi connectivity index (χ3n) is 4.02. The summed E-state index contributed by atoms with van der Waals surface area (Å²) >= 11 is 1.09. The number of carbonyl (C=O) groups excluding carboxylic acids is 2. The van der Waals surface area contributed by atoms with Crippen LogP contribution in [0.1, 0.15) is 29.3 Å². The molecule has 1 aliphatic rings. The van der Waals surface area contributed by atoms with Gasteiger partial charge in [-0.2, -0.15) is 5.10 Å². The highest BCUT2D eigenvalue weighted by atomic mass is 32.2. The summed E-state index contributed by atoms with van der Waals surface area (Å²) in [5.41, 5.74) is 1.98. The number of benzene rings is 2. The molecule has 29 heavy (non-hydrogen) atoms. The average molecular weight is 410 g/mol. The molecule has 0 spiro atoms. The maximum Gasteiger partial charge on any atom is 0.335 e. The molecule has 0 aromatic heterocycles. The van der Waals surface area contributed by atoms with Crippen LogP contribution in [0.25, 0.3) is 0 Å². The number of carboxylic acid groups (broad SMARTS) is 1. The normalized spacial score (nSPS) is 18.2. The number of nitrogens with zero attached hydrogens (tertiary/aromatic N) is 2. The summed E-state index contributed by atoms with van der Waals surface area (Å²) in [4.78, 5) is 35.6. The number of nitrogens with one attached hydrogen (secondary N) is 2. The first kappa shape index (κ1) is 20.3. The molecule has 1 atom stereocenters. The second-order valence-electron chi connectivity index (χ2n) is 6.19. The number of anilines is 1. The molecule has 1 saturated heterocycles. The second-order valence-corrected chi connectivity index (χ2v) is 7.38. The van der Waals surface area contributed by atoms with Crippen LogP contribution in [-0.2, 0) is 9.59 Å². The quantitative estimate of drug-likeness (QED) is 0.517. The molecule has 2 aromatic carbocycles. The maximum atomic E-state index is 12.5. The standard InChI is InChI=1S/C20H18N4O4S/c1-12(13-6-3-2-4-7-13)23-24-20-22-17(25)11-16(29-20)18(26)21-15-9-5-8-14(10-15)19(27)28/h2-10,16H,11H2,1H3,(H,21,26)(H,27,28)(H,22,24,25). The first-order valence-electron chi connectivity index (χ1n) is 8.71. The highest BCUT2D eigenvalue weighted by Gasteiger charge is 2.30. The molecule has 0 radical (unpaired) electrons. The van der Waals surface area contributed by atoms with Crippen molar-refractivity contribution in [3.8, 4) is 0 Å². The summed E-state index contributed by atoms with van der Waals surface area (Å²) in [6, 6.07) is 15.4. The van der Waals surface area contributed by atoms with Gasteiger partial charge in [0.2, 0.25) is 11.8 Å². The molecule has 2 amide bonds. The van der Waals surface area contributed by atoms with Gasteiger partial charge in [0, 0.05) is 12.1 Å². The van der Waals surface area contributed by atoms with Crippen molar-refractivity contribution in [2.24, 2.45) is 10.2 Å². The number of aromatic carboxylic acids is 1. The molecule has 1 aliphatic heterocycles. The molecule has 2 aromatic rings. The third kappa shape index (κ3) is 5.52. The zero-order valence-electron chi connectivity index (χ0n) is 15.5. The van der Waals surface area contributed by atoms with Crippen molar-refractivity contribution >= 4 is 46.1 Å². The second kappa shape index (κ2) is 9.16. The van der Waals surface area contributed by atoms with E-state index in [-0.39, 0.29) is 23.1 Å². The SMILES string of the molecule is CC(=NN=C1NC(=O)CC(C(=O)Nc2cccc(C(=O)O)c2)S1)c1ccccc1. The van der Waals surface area contributed by atoms with Crippen LogP contribution < -0.4 is 10.6 Å². The van der Waals surface area contributed by atoms with Crippen LogP contribution in [0.2, 0.25) is 0 Å². The summed E-state index contributed by atoms with van der Waals surface area (Å²) < 4.78 is 0.